The predicted molar refractivity (Wildman–Crippen MR) is 71.8 cm³/mol. The zero-order valence-electron chi connectivity index (χ0n) is 10.4. The van der Waals surface area contributed by atoms with Crippen molar-refractivity contribution < 1.29 is 19.8 Å². The highest BCUT2D eigenvalue weighted by Crippen LogP contribution is 2.17. The molecule has 0 bridgehead atoms. The molecule has 0 saturated carbocycles. The molecule has 3 N–H and O–H groups in total. The Balaban J connectivity index is 2.40. The van der Waals surface area contributed by atoms with E-state index in [2.05, 4.69) is 10.3 Å². The van der Waals surface area contributed by atoms with Crippen molar-refractivity contribution in [3.05, 3.63) is 30.1 Å². The van der Waals surface area contributed by atoms with E-state index < -0.39 is 18.1 Å². The van der Waals surface area contributed by atoms with Crippen LogP contribution >= 0.6 is 11.8 Å². The first kappa shape index (κ1) is 15.5. The van der Waals surface area contributed by atoms with Gasteiger partial charge in [0.2, 0.25) is 5.91 Å². The van der Waals surface area contributed by atoms with Crippen molar-refractivity contribution in [1.29, 1.82) is 0 Å². The maximum absolute atomic E-state index is 10.9. The number of amides is 1. The van der Waals surface area contributed by atoms with E-state index in [9.17, 15) is 14.7 Å². The second kappa shape index (κ2) is 7.75. The molecule has 0 aliphatic carbocycles. The molecular formula is C12H16N2O4S. The molecule has 0 radical (unpaired) electrons. The highest BCUT2D eigenvalue weighted by Gasteiger charge is 2.19. The van der Waals surface area contributed by atoms with Gasteiger partial charge in [-0.05, 0) is 11.6 Å². The van der Waals surface area contributed by atoms with Crippen LogP contribution in [0.4, 0.5) is 0 Å². The van der Waals surface area contributed by atoms with Crippen molar-refractivity contribution in [2.75, 3.05) is 11.5 Å². The lowest BCUT2D eigenvalue weighted by atomic mass is 10.2. The van der Waals surface area contributed by atoms with Crippen LogP contribution < -0.4 is 5.32 Å². The number of carbonyl (C=O) groups excluding carboxylic acids is 1. The molecule has 7 heteroatoms. The highest BCUT2D eigenvalue weighted by molar-refractivity contribution is 7.99. The van der Waals surface area contributed by atoms with Crippen LogP contribution in [0.1, 0.15) is 18.6 Å². The van der Waals surface area contributed by atoms with Crippen molar-refractivity contribution in [2.45, 2.75) is 19.1 Å². The van der Waals surface area contributed by atoms with Gasteiger partial charge >= 0.3 is 5.97 Å². The minimum Gasteiger partial charge on any atom is -0.480 e. The molecule has 1 rings (SSSR count). The van der Waals surface area contributed by atoms with Crippen LogP contribution in [0.3, 0.4) is 0 Å². The molecule has 1 unspecified atom stereocenters. The molecule has 1 heterocycles. The Morgan fingerprint density at radius 3 is 2.74 bits per heavy atom. The van der Waals surface area contributed by atoms with Crippen LogP contribution in [-0.4, -0.2) is 44.6 Å². The Kier molecular flexibility index (Phi) is 6.31. The third kappa shape index (κ3) is 5.71. The number of hydrogen-bond acceptors (Lipinski definition) is 5. The van der Waals surface area contributed by atoms with E-state index in [0.717, 1.165) is 0 Å². The van der Waals surface area contributed by atoms with Gasteiger partial charge in [0.25, 0.3) is 0 Å². The number of pyridine rings is 1. The van der Waals surface area contributed by atoms with E-state index in [0.29, 0.717) is 11.3 Å². The first-order valence-corrected chi connectivity index (χ1v) is 6.82. The number of aromatic nitrogens is 1. The van der Waals surface area contributed by atoms with Gasteiger partial charge in [-0.15, -0.1) is 0 Å². The average molecular weight is 284 g/mol. The van der Waals surface area contributed by atoms with Crippen LogP contribution in [-0.2, 0) is 9.59 Å². The molecule has 0 aromatic carbocycles. The molecule has 1 amide bonds. The predicted octanol–water partition coefficient (Wildman–Crippen LogP) is 0.437. The maximum Gasteiger partial charge on any atom is 0.327 e. The van der Waals surface area contributed by atoms with Crippen LogP contribution in [0.15, 0.2) is 24.5 Å². The molecular weight excluding hydrogens is 268 g/mol. The van der Waals surface area contributed by atoms with Crippen molar-refractivity contribution in [2.24, 2.45) is 0 Å². The van der Waals surface area contributed by atoms with Gasteiger partial charge in [-0.2, -0.15) is 11.8 Å². The molecule has 1 aromatic heterocycles. The van der Waals surface area contributed by atoms with E-state index in [1.165, 1.54) is 18.7 Å². The van der Waals surface area contributed by atoms with Crippen LogP contribution in [0.2, 0.25) is 0 Å². The summed E-state index contributed by atoms with van der Waals surface area (Å²) in [6.07, 6.45) is 2.47. The van der Waals surface area contributed by atoms with Crippen molar-refractivity contribution in [3.63, 3.8) is 0 Å². The number of aliphatic hydroxyl groups excluding tert-OH is 1. The molecule has 104 valence electrons. The second-order valence-corrected chi connectivity index (χ2v) is 5.01. The number of carbonyl (C=O) groups is 2. The van der Waals surface area contributed by atoms with E-state index in [1.54, 1.807) is 24.5 Å². The fourth-order valence-electron chi connectivity index (χ4n) is 1.39. The molecule has 0 aliphatic rings. The number of carboxylic acid groups (broad SMARTS) is 1. The zero-order chi connectivity index (χ0) is 14.3. The Hall–Kier alpha value is -1.60. The zero-order valence-corrected chi connectivity index (χ0v) is 11.3. The van der Waals surface area contributed by atoms with Crippen molar-refractivity contribution in [3.8, 4) is 0 Å². The number of carboxylic acids is 1. The van der Waals surface area contributed by atoms with Crippen LogP contribution in [0.5, 0.6) is 0 Å². The monoisotopic (exact) mass is 284 g/mol. The summed E-state index contributed by atoms with van der Waals surface area (Å²) >= 11 is 1.26. The molecule has 2 atom stereocenters. The van der Waals surface area contributed by atoms with Crippen molar-refractivity contribution in [1.82, 2.24) is 10.3 Å². The fourth-order valence-corrected chi connectivity index (χ4v) is 2.40. The molecule has 6 nitrogen and oxygen atoms in total. The number of aliphatic carboxylic acids is 1. The summed E-state index contributed by atoms with van der Waals surface area (Å²) in [5, 5.41) is 21.1. The topological polar surface area (TPSA) is 99.5 Å². The Morgan fingerprint density at radius 2 is 2.21 bits per heavy atom. The lowest BCUT2D eigenvalue weighted by Gasteiger charge is -2.14. The lowest BCUT2D eigenvalue weighted by Crippen LogP contribution is -2.41. The number of hydrogen-bond donors (Lipinski definition) is 3. The maximum atomic E-state index is 10.9. The number of nitrogens with one attached hydrogen (secondary N) is 1. The molecule has 0 spiro atoms. The van der Waals surface area contributed by atoms with E-state index in [-0.39, 0.29) is 11.7 Å². The Labute approximate surface area is 115 Å². The third-order valence-electron chi connectivity index (χ3n) is 2.31. The summed E-state index contributed by atoms with van der Waals surface area (Å²) in [4.78, 5) is 25.6. The van der Waals surface area contributed by atoms with Crippen LogP contribution in [0.25, 0.3) is 0 Å². The minimum absolute atomic E-state index is 0.201. The first-order valence-electron chi connectivity index (χ1n) is 5.66. The normalized spacial score (nSPS) is 13.6. The average Bonchev–Trinajstić information content (AvgIpc) is 2.37. The van der Waals surface area contributed by atoms with Gasteiger partial charge in [0.15, 0.2) is 0 Å². The number of nitrogens with zero attached hydrogens (tertiary/aromatic N) is 1. The van der Waals surface area contributed by atoms with E-state index in [1.807, 2.05) is 0 Å². The Bertz CT molecular complexity index is 427. The smallest absolute Gasteiger partial charge is 0.327 e. The fraction of sp³-hybridized carbons (Fsp3) is 0.417. The molecule has 19 heavy (non-hydrogen) atoms. The summed E-state index contributed by atoms with van der Waals surface area (Å²) in [7, 11) is 0. The van der Waals surface area contributed by atoms with E-state index >= 15 is 0 Å². The van der Waals surface area contributed by atoms with Crippen LogP contribution in [0, 0.1) is 0 Å². The van der Waals surface area contributed by atoms with Gasteiger partial charge in [-0.1, -0.05) is 6.07 Å². The molecule has 0 aliphatic heterocycles. The summed E-state index contributed by atoms with van der Waals surface area (Å²) in [6, 6.07) is 2.53. The number of rotatable bonds is 7. The van der Waals surface area contributed by atoms with Gasteiger partial charge in [-0.3, -0.25) is 9.78 Å². The second-order valence-electron chi connectivity index (χ2n) is 3.93. The summed E-state index contributed by atoms with van der Waals surface area (Å²) in [5.41, 5.74) is 0.682. The number of thioether (sulfide) groups is 1. The largest absolute Gasteiger partial charge is 0.480 e. The summed E-state index contributed by atoms with van der Waals surface area (Å²) < 4.78 is 0. The third-order valence-corrected chi connectivity index (χ3v) is 3.43. The quantitative estimate of drug-likeness (QED) is 0.672. The van der Waals surface area contributed by atoms with E-state index in [4.69, 9.17) is 5.11 Å². The summed E-state index contributed by atoms with van der Waals surface area (Å²) in [5.74, 6) is -0.930. The molecule has 0 fully saturated rings. The molecule has 0 saturated heterocycles. The number of aliphatic hydroxyl groups is 1. The standard InChI is InChI=1S/C12H16N2O4S/c1-8(15)14-10(12(17)18)6-19-7-11(16)9-3-2-4-13-5-9/h2-5,10-11,16H,6-7H2,1H3,(H,14,15)(H,17,18)/t10-,11?/m0/s1. The van der Waals surface area contributed by atoms with Gasteiger partial charge in [0, 0.05) is 30.8 Å². The minimum atomic E-state index is -1.08. The van der Waals surface area contributed by atoms with Gasteiger partial charge in [-0.25, -0.2) is 4.79 Å². The van der Waals surface area contributed by atoms with Gasteiger partial charge < -0.3 is 15.5 Å². The summed E-state index contributed by atoms with van der Waals surface area (Å²) in [6.45, 7) is 1.27. The Morgan fingerprint density at radius 1 is 1.47 bits per heavy atom. The lowest BCUT2D eigenvalue weighted by molar-refractivity contribution is -0.140. The highest BCUT2D eigenvalue weighted by atomic mass is 32.2. The van der Waals surface area contributed by atoms with Crippen molar-refractivity contribution >= 4 is 23.6 Å². The van der Waals surface area contributed by atoms with Gasteiger partial charge in [0.05, 0.1) is 6.10 Å². The van der Waals surface area contributed by atoms with Gasteiger partial charge in [0.1, 0.15) is 6.04 Å². The molecule has 1 aromatic rings. The SMILES string of the molecule is CC(=O)N[C@@H](CSCC(O)c1cccnc1)C(=O)O. The first-order chi connectivity index (χ1) is 9.00.